The van der Waals surface area contributed by atoms with E-state index in [-0.39, 0.29) is 16.2 Å². The molecule has 1 fully saturated rings. The number of nitrogens with one attached hydrogen (secondary N) is 1. The maximum absolute atomic E-state index is 12.5. The fourth-order valence-electron chi connectivity index (χ4n) is 3.12. The predicted octanol–water partition coefficient (Wildman–Crippen LogP) is 1.40. The molecule has 0 aromatic carbocycles. The molecule has 3 rings (SSSR count). The summed E-state index contributed by atoms with van der Waals surface area (Å²) >= 11 is 0. The highest BCUT2D eigenvalue weighted by Crippen LogP contribution is 2.37. The third-order valence-corrected chi connectivity index (χ3v) is 5.80. The number of sulfone groups is 1. The number of hydrogen-bond donors (Lipinski definition) is 1. The van der Waals surface area contributed by atoms with Gasteiger partial charge in [0.25, 0.3) is 5.91 Å². The second-order valence-electron chi connectivity index (χ2n) is 6.47. The number of hydrogen-bond acceptors (Lipinski definition) is 5. The number of carbonyl (C=O) groups is 1. The third-order valence-electron chi connectivity index (χ3n) is 4.69. The van der Waals surface area contributed by atoms with E-state index >= 15 is 0 Å². The van der Waals surface area contributed by atoms with Crippen LogP contribution in [0.2, 0.25) is 0 Å². The van der Waals surface area contributed by atoms with Crippen LogP contribution in [0.25, 0.3) is 0 Å². The van der Waals surface area contributed by atoms with Crippen LogP contribution in [-0.2, 0) is 15.3 Å². The second kappa shape index (κ2) is 6.01. The number of H-pyrrole nitrogens is 1. The minimum Gasteiger partial charge on any atom is -0.339 e. The quantitative estimate of drug-likeness (QED) is 0.904. The number of amides is 1. The van der Waals surface area contributed by atoms with Gasteiger partial charge in [-0.05, 0) is 25.0 Å². The molecule has 0 unspecified atom stereocenters. The van der Waals surface area contributed by atoms with E-state index < -0.39 is 9.84 Å². The van der Waals surface area contributed by atoms with Gasteiger partial charge < -0.3 is 4.90 Å². The van der Waals surface area contributed by atoms with Gasteiger partial charge in [-0.2, -0.15) is 5.10 Å². The maximum Gasteiger partial charge on any atom is 0.253 e. The van der Waals surface area contributed by atoms with Crippen LogP contribution < -0.4 is 0 Å². The first-order valence-electron chi connectivity index (χ1n) is 7.74. The summed E-state index contributed by atoms with van der Waals surface area (Å²) in [4.78, 5) is 18.5. The molecule has 0 radical (unpaired) electrons. The summed E-state index contributed by atoms with van der Waals surface area (Å²) in [6, 6.07) is 3.40. The molecule has 2 aromatic heterocycles. The predicted molar refractivity (Wildman–Crippen MR) is 88.4 cm³/mol. The van der Waals surface area contributed by atoms with Crippen LogP contribution in [0.15, 0.2) is 35.6 Å². The largest absolute Gasteiger partial charge is 0.339 e. The van der Waals surface area contributed by atoms with Gasteiger partial charge in [0.05, 0.1) is 11.9 Å². The Bertz CT molecular complexity index is 837. The Labute approximate surface area is 141 Å². The highest BCUT2D eigenvalue weighted by molar-refractivity contribution is 7.90. The van der Waals surface area contributed by atoms with Crippen molar-refractivity contribution >= 4 is 15.7 Å². The molecule has 128 valence electrons. The molecule has 24 heavy (non-hydrogen) atoms. The second-order valence-corrected chi connectivity index (χ2v) is 8.45. The fraction of sp³-hybridized carbons (Fsp3) is 0.438. The van der Waals surface area contributed by atoms with E-state index in [1.165, 1.54) is 12.5 Å². The van der Waals surface area contributed by atoms with Crippen molar-refractivity contribution < 1.29 is 13.2 Å². The summed E-state index contributed by atoms with van der Waals surface area (Å²) in [6.07, 6.45) is 7.11. The first-order valence-corrected chi connectivity index (χ1v) is 9.64. The van der Waals surface area contributed by atoms with Crippen LogP contribution >= 0.6 is 0 Å². The van der Waals surface area contributed by atoms with Gasteiger partial charge in [0.15, 0.2) is 9.84 Å². The molecule has 7 nitrogen and oxygen atoms in total. The summed E-state index contributed by atoms with van der Waals surface area (Å²) in [7, 11) is -3.33. The van der Waals surface area contributed by atoms with Crippen molar-refractivity contribution in [2.45, 2.75) is 30.1 Å². The van der Waals surface area contributed by atoms with Crippen LogP contribution in [0.3, 0.4) is 0 Å². The van der Waals surface area contributed by atoms with Crippen molar-refractivity contribution in [1.29, 1.82) is 0 Å². The Hall–Kier alpha value is -2.22. The Kier molecular flexibility index (Phi) is 4.16. The first kappa shape index (κ1) is 16.6. The van der Waals surface area contributed by atoms with E-state index in [1.807, 2.05) is 6.92 Å². The van der Waals surface area contributed by atoms with Gasteiger partial charge in [-0.1, -0.05) is 6.92 Å². The number of nitrogens with zero attached hydrogens (tertiary/aromatic N) is 3. The average Bonchev–Trinajstić information content (AvgIpc) is 3.07. The zero-order chi connectivity index (χ0) is 17.4. The number of aromatic nitrogens is 3. The summed E-state index contributed by atoms with van der Waals surface area (Å²) < 4.78 is 23.9. The van der Waals surface area contributed by atoms with Gasteiger partial charge in [0, 0.05) is 42.7 Å². The number of aromatic amines is 1. The van der Waals surface area contributed by atoms with E-state index in [9.17, 15) is 13.2 Å². The number of pyridine rings is 1. The summed E-state index contributed by atoms with van der Waals surface area (Å²) in [5, 5.41) is 6.78. The lowest BCUT2D eigenvalue weighted by molar-refractivity contribution is 0.0672. The Morgan fingerprint density at radius 1 is 1.25 bits per heavy atom. The van der Waals surface area contributed by atoms with Gasteiger partial charge in [-0.15, -0.1) is 0 Å². The minimum absolute atomic E-state index is 0.0209. The highest BCUT2D eigenvalue weighted by atomic mass is 32.2. The highest BCUT2D eigenvalue weighted by Gasteiger charge is 2.38. The van der Waals surface area contributed by atoms with Crippen molar-refractivity contribution in [1.82, 2.24) is 20.1 Å². The molecule has 2 aromatic rings. The van der Waals surface area contributed by atoms with Crippen molar-refractivity contribution in [2.24, 2.45) is 0 Å². The normalized spacial score (nSPS) is 17.7. The molecule has 1 aliphatic rings. The van der Waals surface area contributed by atoms with E-state index in [1.54, 1.807) is 29.4 Å². The Balaban J connectivity index is 1.77. The average molecular weight is 348 g/mol. The molecule has 1 saturated heterocycles. The van der Waals surface area contributed by atoms with Crippen molar-refractivity contribution in [2.75, 3.05) is 19.3 Å². The van der Waals surface area contributed by atoms with E-state index in [4.69, 9.17) is 0 Å². The topological polar surface area (TPSA) is 96.0 Å². The van der Waals surface area contributed by atoms with Crippen molar-refractivity contribution in [3.63, 3.8) is 0 Å². The summed E-state index contributed by atoms with van der Waals surface area (Å²) in [5.74, 6) is -0.0209. The molecule has 0 saturated carbocycles. The third kappa shape index (κ3) is 3.06. The monoisotopic (exact) mass is 348 g/mol. The lowest BCUT2D eigenvalue weighted by Gasteiger charge is -2.39. The van der Waals surface area contributed by atoms with Crippen LogP contribution in [0.5, 0.6) is 0 Å². The fourth-order valence-corrected chi connectivity index (χ4v) is 4.03. The van der Waals surface area contributed by atoms with Crippen LogP contribution in [-0.4, -0.2) is 53.8 Å². The van der Waals surface area contributed by atoms with Gasteiger partial charge in [0.1, 0.15) is 4.90 Å². The number of rotatable bonds is 3. The van der Waals surface area contributed by atoms with Gasteiger partial charge >= 0.3 is 0 Å². The Morgan fingerprint density at radius 2 is 1.88 bits per heavy atom. The van der Waals surface area contributed by atoms with Crippen molar-refractivity contribution in [3.8, 4) is 0 Å². The van der Waals surface area contributed by atoms with E-state index in [0.717, 1.165) is 0 Å². The molecule has 0 spiro atoms. The van der Waals surface area contributed by atoms with Gasteiger partial charge in [-0.3, -0.25) is 14.9 Å². The zero-order valence-corrected chi connectivity index (χ0v) is 14.5. The summed E-state index contributed by atoms with van der Waals surface area (Å²) in [5.41, 5.74) is 0.914. The van der Waals surface area contributed by atoms with E-state index in [2.05, 4.69) is 15.2 Å². The first-order chi connectivity index (χ1) is 11.3. The minimum atomic E-state index is -3.33. The Morgan fingerprint density at radius 3 is 2.46 bits per heavy atom. The van der Waals surface area contributed by atoms with Gasteiger partial charge in [0.2, 0.25) is 0 Å². The lowest BCUT2D eigenvalue weighted by Crippen LogP contribution is -2.44. The van der Waals surface area contributed by atoms with Crippen LogP contribution in [0.4, 0.5) is 0 Å². The molecular formula is C16H20N4O3S. The van der Waals surface area contributed by atoms with Crippen LogP contribution in [0.1, 0.15) is 35.8 Å². The lowest BCUT2D eigenvalue weighted by atomic mass is 9.77. The maximum atomic E-state index is 12.5. The molecule has 1 aliphatic heterocycles. The number of likely N-dealkylation sites (tertiary alicyclic amines) is 1. The molecule has 8 heteroatoms. The molecule has 0 bridgehead atoms. The number of piperidine rings is 1. The molecule has 1 amide bonds. The van der Waals surface area contributed by atoms with Crippen LogP contribution in [0, 0.1) is 0 Å². The smallest absolute Gasteiger partial charge is 0.253 e. The van der Waals surface area contributed by atoms with Crippen molar-refractivity contribution in [3.05, 3.63) is 42.0 Å². The summed E-state index contributed by atoms with van der Waals surface area (Å²) in [6.45, 7) is 3.16. The SMILES string of the molecule is CC1(c2[nH]ncc2S(C)(=O)=O)CCN(C(=O)c2ccncc2)CC1. The zero-order valence-electron chi connectivity index (χ0n) is 13.7. The van der Waals surface area contributed by atoms with E-state index in [0.29, 0.717) is 37.2 Å². The molecule has 0 aliphatic carbocycles. The number of carbonyl (C=O) groups excluding carboxylic acids is 1. The molecular weight excluding hydrogens is 328 g/mol. The molecule has 3 heterocycles. The molecule has 1 N–H and O–H groups in total. The van der Waals surface area contributed by atoms with Gasteiger partial charge in [-0.25, -0.2) is 8.42 Å². The standard InChI is InChI=1S/C16H20N4O3S/c1-16(14-13(11-18-19-14)24(2,22)23)5-9-20(10-6-16)15(21)12-3-7-17-8-4-12/h3-4,7-8,11H,5-6,9-10H2,1-2H3,(H,18,19). The molecule has 0 atom stereocenters.